The second-order valence-electron chi connectivity index (χ2n) is 5.90. The maximum Gasteiger partial charge on any atom is 0.248 e. The SMILES string of the molecule is CNC(c1cccc2ccncc12)C1CCC(F)(F)CC1. The smallest absolute Gasteiger partial charge is 0.248 e. The molecular formula is C17H20F2N2. The molecule has 1 atom stereocenters. The van der Waals surface area contributed by atoms with Gasteiger partial charge >= 0.3 is 0 Å². The second kappa shape index (κ2) is 5.68. The molecule has 0 aliphatic heterocycles. The zero-order valence-corrected chi connectivity index (χ0v) is 12.2. The van der Waals surface area contributed by atoms with Gasteiger partial charge in [0.15, 0.2) is 0 Å². The van der Waals surface area contributed by atoms with Crippen LogP contribution in [-0.4, -0.2) is 18.0 Å². The molecule has 1 aromatic carbocycles. The number of hydrogen-bond donors (Lipinski definition) is 1. The predicted molar refractivity (Wildman–Crippen MR) is 80.4 cm³/mol. The number of aromatic nitrogens is 1. The number of alkyl halides is 2. The topological polar surface area (TPSA) is 24.9 Å². The maximum atomic E-state index is 13.4. The Bertz CT molecular complexity index is 612. The molecule has 0 amide bonds. The lowest BCUT2D eigenvalue weighted by Crippen LogP contribution is -2.32. The van der Waals surface area contributed by atoms with Crippen LogP contribution in [0.25, 0.3) is 10.8 Å². The Morgan fingerprint density at radius 1 is 1.24 bits per heavy atom. The van der Waals surface area contributed by atoms with Crippen molar-refractivity contribution in [2.24, 2.45) is 5.92 Å². The lowest BCUT2D eigenvalue weighted by atomic mass is 9.79. The quantitative estimate of drug-likeness (QED) is 0.910. The number of nitrogens with one attached hydrogen (secondary N) is 1. The van der Waals surface area contributed by atoms with Crippen molar-refractivity contribution in [2.75, 3.05) is 7.05 Å². The van der Waals surface area contributed by atoms with Crippen molar-refractivity contribution in [2.45, 2.75) is 37.6 Å². The van der Waals surface area contributed by atoms with Gasteiger partial charge in [-0.25, -0.2) is 8.78 Å². The minimum absolute atomic E-state index is 0.00113. The summed E-state index contributed by atoms with van der Waals surface area (Å²) in [7, 11) is 1.91. The van der Waals surface area contributed by atoms with Gasteiger partial charge in [-0.3, -0.25) is 4.98 Å². The average molecular weight is 290 g/mol. The van der Waals surface area contributed by atoms with Crippen molar-refractivity contribution in [3.8, 4) is 0 Å². The van der Waals surface area contributed by atoms with Crippen LogP contribution < -0.4 is 5.32 Å². The molecule has 1 N–H and O–H groups in total. The average Bonchev–Trinajstić information content (AvgIpc) is 2.50. The van der Waals surface area contributed by atoms with E-state index >= 15 is 0 Å². The Hall–Kier alpha value is -1.55. The summed E-state index contributed by atoms with van der Waals surface area (Å²) < 4.78 is 26.7. The van der Waals surface area contributed by atoms with E-state index in [9.17, 15) is 8.78 Å². The molecule has 0 saturated heterocycles. The molecule has 3 rings (SSSR count). The van der Waals surface area contributed by atoms with Gasteiger partial charge in [0.1, 0.15) is 0 Å². The molecule has 112 valence electrons. The minimum atomic E-state index is -2.48. The highest BCUT2D eigenvalue weighted by Gasteiger charge is 2.37. The first-order valence-electron chi connectivity index (χ1n) is 7.48. The van der Waals surface area contributed by atoms with E-state index in [0.29, 0.717) is 12.8 Å². The first kappa shape index (κ1) is 14.4. The van der Waals surface area contributed by atoms with E-state index < -0.39 is 5.92 Å². The third-order valence-corrected chi connectivity index (χ3v) is 4.60. The third kappa shape index (κ3) is 2.91. The highest BCUT2D eigenvalue weighted by Crippen LogP contribution is 2.42. The van der Waals surface area contributed by atoms with Crippen molar-refractivity contribution in [3.63, 3.8) is 0 Å². The van der Waals surface area contributed by atoms with Crippen LogP contribution in [0, 0.1) is 5.92 Å². The minimum Gasteiger partial charge on any atom is -0.313 e. The monoisotopic (exact) mass is 290 g/mol. The van der Waals surface area contributed by atoms with Gasteiger partial charge in [-0.2, -0.15) is 0 Å². The molecule has 2 aromatic rings. The van der Waals surface area contributed by atoms with Crippen LogP contribution in [0.5, 0.6) is 0 Å². The lowest BCUT2D eigenvalue weighted by molar-refractivity contribution is -0.0494. The first-order chi connectivity index (χ1) is 10.1. The fourth-order valence-electron chi connectivity index (χ4n) is 3.45. The van der Waals surface area contributed by atoms with Crippen molar-refractivity contribution in [3.05, 3.63) is 42.2 Å². The summed E-state index contributed by atoms with van der Waals surface area (Å²) in [5.74, 6) is -2.23. The molecule has 0 spiro atoms. The molecule has 2 nitrogen and oxygen atoms in total. The molecular weight excluding hydrogens is 270 g/mol. The van der Waals surface area contributed by atoms with Gasteiger partial charge in [0.05, 0.1) is 0 Å². The fourth-order valence-corrected chi connectivity index (χ4v) is 3.45. The van der Waals surface area contributed by atoms with Crippen LogP contribution in [0.4, 0.5) is 8.78 Å². The van der Waals surface area contributed by atoms with Crippen molar-refractivity contribution >= 4 is 10.8 Å². The Morgan fingerprint density at radius 3 is 2.71 bits per heavy atom. The summed E-state index contributed by atoms with van der Waals surface area (Å²) >= 11 is 0. The van der Waals surface area contributed by atoms with Crippen LogP contribution >= 0.6 is 0 Å². The summed E-state index contributed by atoms with van der Waals surface area (Å²) in [5, 5.41) is 5.59. The number of hydrogen-bond acceptors (Lipinski definition) is 2. The second-order valence-corrected chi connectivity index (χ2v) is 5.90. The van der Waals surface area contributed by atoms with Gasteiger partial charge in [0.25, 0.3) is 0 Å². The van der Waals surface area contributed by atoms with Crippen LogP contribution in [0.2, 0.25) is 0 Å². The molecule has 0 radical (unpaired) electrons. The molecule has 21 heavy (non-hydrogen) atoms. The van der Waals surface area contributed by atoms with Crippen LogP contribution in [0.15, 0.2) is 36.7 Å². The Balaban J connectivity index is 1.92. The summed E-state index contributed by atoms with van der Waals surface area (Å²) in [4.78, 5) is 4.21. The van der Waals surface area contributed by atoms with Gasteiger partial charge < -0.3 is 5.32 Å². The van der Waals surface area contributed by atoms with E-state index in [-0.39, 0.29) is 24.8 Å². The number of halogens is 2. The summed E-state index contributed by atoms with van der Waals surface area (Å²) in [6, 6.07) is 8.26. The normalized spacial score (nSPS) is 20.5. The van der Waals surface area contributed by atoms with Crippen molar-refractivity contribution in [1.29, 1.82) is 0 Å². The Labute approximate surface area is 123 Å². The van der Waals surface area contributed by atoms with Crippen LogP contribution in [0.1, 0.15) is 37.3 Å². The molecule has 4 heteroatoms. The van der Waals surface area contributed by atoms with Gasteiger partial charge in [-0.1, -0.05) is 18.2 Å². The van der Waals surface area contributed by atoms with Crippen LogP contribution in [-0.2, 0) is 0 Å². The summed E-state index contributed by atoms with van der Waals surface area (Å²) in [6.45, 7) is 0. The molecule has 1 saturated carbocycles. The number of pyridine rings is 1. The number of benzene rings is 1. The molecule has 1 aromatic heterocycles. The maximum absolute atomic E-state index is 13.4. The van der Waals surface area contributed by atoms with Crippen molar-refractivity contribution < 1.29 is 8.78 Å². The molecule has 1 aliphatic carbocycles. The third-order valence-electron chi connectivity index (χ3n) is 4.60. The molecule has 1 unspecified atom stereocenters. The van der Waals surface area contributed by atoms with Gasteiger partial charge in [-0.05, 0) is 42.8 Å². The largest absolute Gasteiger partial charge is 0.313 e. The molecule has 1 heterocycles. The zero-order valence-electron chi connectivity index (χ0n) is 12.2. The van der Waals surface area contributed by atoms with E-state index in [1.807, 2.05) is 25.4 Å². The molecule has 0 bridgehead atoms. The van der Waals surface area contributed by atoms with Gasteiger partial charge in [-0.15, -0.1) is 0 Å². The summed E-state index contributed by atoms with van der Waals surface area (Å²) in [6.07, 6.45) is 4.77. The Kier molecular flexibility index (Phi) is 3.89. The van der Waals surface area contributed by atoms with E-state index in [4.69, 9.17) is 0 Å². The standard InChI is InChI=1S/C17H20F2N2/c1-20-16(13-5-8-17(18,19)9-6-13)14-4-2-3-12-7-10-21-11-15(12)14/h2-4,7,10-11,13,16,20H,5-6,8-9H2,1H3. The highest BCUT2D eigenvalue weighted by molar-refractivity contribution is 5.85. The van der Waals surface area contributed by atoms with Gasteiger partial charge in [0.2, 0.25) is 5.92 Å². The lowest BCUT2D eigenvalue weighted by Gasteiger charge is -2.34. The molecule has 1 fully saturated rings. The van der Waals surface area contributed by atoms with E-state index in [0.717, 1.165) is 10.8 Å². The number of fused-ring (bicyclic) bond motifs is 1. The Morgan fingerprint density at radius 2 is 2.00 bits per heavy atom. The first-order valence-corrected chi connectivity index (χ1v) is 7.48. The highest BCUT2D eigenvalue weighted by atomic mass is 19.3. The van der Waals surface area contributed by atoms with E-state index in [1.54, 1.807) is 6.20 Å². The predicted octanol–water partition coefficient (Wildman–Crippen LogP) is 4.32. The molecule has 1 aliphatic rings. The van der Waals surface area contributed by atoms with Crippen LogP contribution in [0.3, 0.4) is 0 Å². The number of nitrogens with zero attached hydrogens (tertiary/aromatic N) is 1. The van der Waals surface area contributed by atoms with E-state index in [2.05, 4.69) is 22.4 Å². The number of rotatable bonds is 3. The van der Waals surface area contributed by atoms with Crippen molar-refractivity contribution in [1.82, 2.24) is 10.3 Å². The summed E-state index contributed by atoms with van der Waals surface area (Å²) in [5.41, 5.74) is 1.17. The van der Waals surface area contributed by atoms with Gasteiger partial charge in [0, 0.05) is 36.7 Å². The zero-order chi connectivity index (χ0) is 14.9. The fraction of sp³-hybridized carbons (Fsp3) is 0.471. The van der Waals surface area contributed by atoms with E-state index in [1.165, 1.54) is 5.56 Å².